The molecular formula is C35H44F3N7O6. The first kappa shape index (κ1) is 37.4. The summed E-state index contributed by atoms with van der Waals surface area (Å²) in [6.45, 7) is 0.975. The number of benzene rings is 2. The predicted octanol–water partition coefficient (Wildman–Crippen LogP) is 5.55. The molecule has 3 aliphatic rings. The Labute approximate surface area is 294 Å². The van der Waals surface area contributed by atoms with Crippen molar-refractivity contribution in [2.75, 3.05) is 50.7 Å². The molecule has 2 aromatic carbocycles. The van der Waals surface area contributed by atoms with Crippen LogP contribution in [0.1, 0.15) is 67.3 Å². The zero-order valence-electron chi connectivity index (χ0n) is 28.5. The maximum Gasteiger partial charge on any atom is 0.422 e. The van der Waals surface area contributed by atoms with E-state index in [-0.39, 0.29) is 35.7 Å². The smallest absolute Gasteiger partial charge is 0.422 e. The molecule has 6 bridgehead atoms. The second kappa shape index (κ2) is 18.4. The number of rotatable bonds is 6. The van der Waals surface area contributed by atoms with Crippen molar-refractivity contribution in [3.05, 3.63) is 53.6 Å². The minimum Gasteiger partial charge on any atom is -0.494 e. The Morgan fingerprint density at radius 3 is 2.37 bits per heavy atom. The van der Waals surface area contributed by atoms with Gasteiger partial charge in [0, 0.05) is 30.8 Å². The molecule has 4 N–H and O–H groups in total. The molecule has 13 nitrogen and oxygen atoms in total. The lowest BCUT2D eigenvalue weighted by Gasteiger charge is -2.29. The zero-order chi connectivity index (χ0) is 36.1. The van der Waals surface area contributed by atoms with Crippen LogP contribution in [0.3, 0.4) is 0 Å². The van der Waals surface area contributed by atoms with E-state index < -0.39 is 36.7 Å². The van der Waals surface area contributed by atoms with Gasteiger partial charge in [-0.3, -0.25) is 4.79 Å². The van der Waals surface area contributed by atoms with Crippen molar-refractivity contribution in [1.29, 1.82) is 0 Å². The van der Waals surface area contributed by atoms with Crippen LogP contribution in [0.15, 0.2) is 42.5 Å². The maximum atomic E-state index is 13.7. The van der Waals surface area contributed by atoms with Crippen LogP contribution in [0.4, 0.5) is 30.8 Å². The normalized spacial score (nSPS) is 18.1. The minimum absolute atomic E-state index is 0.0260. The van der Waals surface area contributed by atoms with Gasteiger partial charge in [-0.1, -0.05) is 37.8 Å². The van der Waals surface area contributed by atoms with E-state index in [0.717, 1.165) is 69.2 Å². The Morgan fingerprint density at radius 1 is 0.941 bits per heavy atom. The number of nitrogens with zero attached hydrogens (tertiary/aromatic N) is 3. The van der Waals surface area contributed by atoms with E-state index in [1.807, 2.05) is 24.3 Å². The number of alkyl halides is 3. The van der Waals surface area contributed by atoms with E-state index in [9.17, 15) is 22.8 Å². The number of nitrogens with one attached hydrogen (secondary N) is 4. The highest BCUT2D eigenvalue weighted by molar-refractivity contribution is 5.99. The Kier molecular flexibility index (Phi) is 13.5. The summed E-state index contributed by atoms with van der Waals surface area (Å²) in [6, 6.07) is 10.7. The molecule has 2 unspecified atom stereocenters. The topological polar surface area (TPSA) is 158 Å². The number of carbonyl (C=O) groups excluding carboxylic acids is 2. The van der Waals surface area contributed by atoms with Crippen molar-refractivity contribution in [3.63, 3.8) is 0 Å². The van der Waals surface area contributed by atoms with Crippen LogP contribution < -0.4 is 35.5 Å². The van der Waals surface area contributed by atoms with Gasteiger partial charge < -0.3 is 40.2 Å². The van der Waals surface area contributed by atoms with Crippen LogP contribution in [0, 0.1) is 5.92 Å². The highest BCUT2D eigenvalue weighted by atomic mass is 19.4. The summed E-state index contributed by atoms with van der Waals surface area (Å²) < 4.78 is 60.9. The van der Waals surface area contributed by atoms with Crippen LogP contribution in [0.5, 0.6) is 17.5 Å². The number of piperidine rings is 1. The summed E-state index contributed by atoms with van der Waals surface area (Å²) in [5.41, 5.74) is 1.44. The molecule has 0 spiro atoms. The fourth-order valence-electron chi connectivity index (χ4n) is 5.79. The molecule has 1 aromatic heterocycles. The lowest BCUT2D eigenvalue weighted by Crippen LogP contribution is -2.51. The van der Waals surface area contributed by atoms with Gasteiger partial charge in [-0.05, 0) is 62.1 Å². The summed E-state index contributed by atoms with van der Waals surface area (Å²) in [4.78, 5) is 38.8. The molecule has 6 rings (SSSR count). The fraction of sp³-hybridized carbons (Fsp3) is 0.514. The Hall–Kier alpha value is -4.86. The molecule has 16 heteroatoms. The summed E-state index contributed by atoms with van der Waals surface area (Å²) in [5, 5.41) is 12.1. The van der Waals surface area contributed by atoms with Crippen molar-refractivity contribution in [1.82, 2.24) is 25.6 Å². The highest BCUT2D eigenvalue weighted by Crippen LogP contribution is 2.28. The molecule has 51 heavy (non-hydrogen) atoms. The quantitative estimate of drug-likeness (QED) is 0.236. The Bertz CT molecular complexity index is 1590. The van der Waals surface area contributed by atoms with E-state index in [1.54, 1.807) is 12.1 Å². The van der Waals surface area contributed by atoms with Gasteiger partial charge >= 0.3 is 18.2 Å². The largest absolute Gasteiger partial charge is 0.494 e. The minimum atomic E-state index is -4.61. The molecule has 1 amide bonds. The first-order chi connectivity index (χ1) is 24.7. The first-order valence-corrected chi connectivity index (χ1v) is 17.2. The maximum absolute atomic E-state index is 13.7. The molecule has 3 aromatic rings. The molecule has 4 heterocycles. The molecule has 2 atom stereocenters. The number of anilines is 3. The summed E-state index contributed by atoms with van der Waals surface area (Å²) in [5.74, 6) is -0.351. The zero-order valence-corrected chi connectivity index (χ0v) is 28.5. The second-order valence-corrected chi connectivity index (χ2v) is 12.4. The van der Waals surface area contributed by atoms with Crippen molar-refractivity contribution in [2.24, 2.45) is 5.92 Å². The lowest BCUT2D eigenvalue weighted by atomic mass is 9.91. The Morgan fingerprint density at radius 2 is 1.67 bits per heavy atom. The summed E-state index contributed by atoms with van der Waals surface area (Å²) in [7, 11) is 1.29. The highest BCUT2D eigenvalue weighted by Gasteiger charge is 2.33. The number of amides is 1. The Balaban J connectivity index is 1.41. The molecule has 0 aliphatic carbocycles. The number of hydrogen-bond acceptors (Lipinski definition) is 12. The van der Waals surface area contributed by atoms with Gasteiger partial charge in [-0.15, -0.1) is 0 Å². The van der Waals surface area contributed by atoms with Crippen LogP contribution >= 0.6 is 0 Å². The number of carbonyl (C=O) groups is 2. The number of methoxy groups -OCH3 is 1. The van der Waals surface area contributed by atoms with Crippen LogP contribution in [0.25, 0.3) is 0 Å². The van der Waals surface area contributed by atoms with Gasteiger partial charge in [0.2, 0.25) is 11.9 Å². The van der Waals surface area contributed by atoms with E-state index in [4.69, 9.17) is 18.9 Å². The van der Waals surface area contributed by atoms with Gasteiger partial charge in [-0.25, -0.2) is 4.79 Å². The van der Waals surface area contributed by atoms with Gasteiger partial charge in [0.05, 0.1) is 25.9 Å². The molecular weight excluding hydrogens is 671 g/mol. The van der Waals surface area contributed by atoms with E-state index in [2.05, 4.69) is 36.2 Å². The number of fused-ring (bicyclic) bond motifs is 12. The average molecular weight is 716 g/mol. The molecule has 0 saturated carbocycles. The molecule has 1 saturated heterocycles. The third kappa shape index (κ3) is 11.9. The second-order valence-electron chi connectivity index (χ2n) is 12.4. The molecule has 1 fully saturated rings. The fourth-order valence-corrected chi connectivity index (χ4v) is 5.79. The van der Waals surface area contributed by atoms with Gasteiger partial charge in [0.15, 0.2) is 6.61 Å². The molecule has 3 aliphatic heterocycles. The number of aromatic nitrogens is 3. The van der Waals surface area contributed by atoms with Crippen molar-refractivity contribution in [3.8, 4) is 17.5 Å². The SMILES string of the molecule is COC(=O)C(NC(=O)c1ccc2cc1OCCCCCCCCOc1ccc(cc1)CNc1nc(nc(OCC(F)(F)F)n1)N2)C1CCCNC1. The van der Waals surface area contributed by atoms with E-state index >= 15 is 0 Å². The van der Waals surface area contributed by atoms with E-state index in [0.29, 0.717) is 25.4 Å². The van der Waals surface area contributed by atoms with Crippen LogP contribution in [-0.4, -0.2) is 79.1 Å². The lowest BCUT2D eigenvalue weighted by molar-refractivity contribution is -0.154. The summed E-state index contributed by atoms with van der Waals surface area (Å²) >= 11 is 0. The first-order valence-electron chi connectivity index (χ1n) is 17.2. The van der Waals surface area contributed by atoms with Crippen molar-refractivity contribution in [2.45, 2.75) is 70.1 Å². The summed E-state index contributed by atoms with van der Waals surface area (Å²) in [6.07, 6.45) is 2.66. The van der Waals surface area contributed by atoms with Crippen molar-refractivity contribution < 1.29 is 41.7 Å². The molecule has 276 valence electrons. The third-order valence-electron chi connectivity index (χ3n) is 8.45. The third-order valence-corrected chi connectivity index (χ3v) is 8.45. The monoisotopic (exact) mass is 715 g/mol. The number of hydrogen-bond donors (Lipinski definition) is 4. The number of esters is 1. The van der Waals surface area contributed by atoms with Crippen molar-refractivity contribution >= 4 is 29.5 Å². The predicted molar refractivity (Wildman–Crippen MR) is 182 cm³/mol. The van der Waals surface area contributed by atoms with Crippen LogP contribution in [0.2, 0.25) is 0 Å². The number of ether oxygens (including phenoxy) is 4. The van der Waals surface area contributed by atoms with Gasteiger partial charge in [0.25, 0.3) is 5.91 Å². The number of halogens is 3. The van der Waals surface area contributed by atoms with Gasteiger partial charge in [-0.2, -0.15) is 28.1 Å². The standard InChI is InChI=1S/C35H44F3N7O6/c1-48-31(47)29(24-9-8-16-39-21-24)42-30(46)27-15-12-25-19-28(27)50-18-7-5-3-2-4-6-17-49-26-13-10-23(11-14-26)20-40-32-43-33(41-25)45-34(44-32)51-22-35(36,37)38/h10-15,19,24,29,39H,2-9,16-18,20-22H2,1H3,(H,42,46)(H2,40,41,43,44,45). The molecule has 0 radical (unpaired) electrons. The average Bonchev–Trinajstić information content (AvgIpc) is 3.12. The van der Waals surface area contributed by atoms with Crippen LogP contribution in [-0.2, 0) is 16.1 Å². The van der Waals surface area contributed by atoms with Gasteiger partial charge in [0.1, 0.15) is 17.5 Å². The van der Waals surface area contributed by atoms with E-state index in [1.165, 1.54) is 13.2 Å².